The number of fused-ring (bicyclic) bond motifs is 1. The summed E-state index contributed by atoms with van der Waals surface area (Å²) >= 11 is 6.11. The molecule has 2 heterocycles. The summed E-state index contributed by atoms with van der Waals surface area (Å²) in [5.41, 5.74) is 1.14. The van der Waals surface area contributed by atoms with Crippen LogP contribution < -0.4 is 10.6 Å². The second-order valence-corrected chi connectivity index (χ2v) is 7.26. The van der Waals surface area contributed by atoms with Crippen LogP contribution in [0.1, 0.15) is 43.5 Å². The maximum absolute atomic E-state index is 6.11. The fraction of sp³-hybridized carbons (Fsp3) is 0.526. The Morgan fingerprint density at radius 3 is 3.04 bits per heavy atom. The van der Waals surface area contributed by atoms with E-state index in [2.05, 4.69) is 45.3 Å². The molecular formula is C19H27ClN6. The van der Waals surface area contributed by atoms with Gasteiger partial charge in [0.15, 0.2) is 5.96 Å². The van der Waals surface area contributed by atoms with Gasteiger partial charge in [-0.05, 0) is 50.8 Å². The molecule has 2 atom stereocenters. The molecule has 2 aromatic rings. The minimum atomic E-state index is 0.129. The average Bonchev–Trinajstić information content (AvgIpc) is 3.00. The van der Waals surface area contributed by atoms with E-state index in [1.807, 2.05) is 25.1 Å². The summed E-state index contributed by atoms with van der Waals surface area (Å²) in [6.45, 7) is 8.77. The number of benzene rings is 1. The number of aromatic nitrogens is 3. The summed E-state index contributed by atoms with van der Waals surface area (Å²) in [6, 6.07) is 8.05. The second-order valence-electron chi connectivity index (χ2n) is 6.82. The Morgan fingerprint density at radius 2 is 2.27 bits per heavy atom. The highest BCUT2D eigenvalue weighted by molar-refractivity contribution is 6.30. The van der Waals surface area contributed by atoms with Crippen LogP contribution in [0.4, 0.5) is 0 Å². The van der Waals surface area contributed by atoms with Crippen LogP contribution in [0.5, 0.6) is 0 Å². The van der Waals surface area contributed by atoms with Crippen LogP contribution in [0.3, 0.4) is 0 Å². The van der Waals surface area contributed by atoms with E-state index >= 15 is 0 Å². The highest BCUT2D eigenvalue weighted by atomic mass is 35.5. The molecule has 0 aliphatic carbocycles. The number of hydrogen-bond acceptors (Lipinski definition) is 3. The Bertz CT molecular complexity index is 769. The van der Waals surface area contributed by atoms with Crippen LogP contribution in [0, 0.1) is 12.8 Å². The molecule has 26 heavy (non-hydrogen) atoms. The van der Waals surface area contributed by atoms with E-state index < -0.39 is 0 Å². The largest absolute Gasteiger partial charge is 0.357 e. The molecule has 2 N–H and O–H groups in total. The molecule has 2 unspecified atom stereocenters. The second kappa shape index (κ2) is 8.54. The zero-order valence-electron chi connectivity index (χ0n) is 15.7. The molecule has 0 spiro atoms. The fourth-order valence-corrected chi connectivity index (χ4v) is 3.48. The number of halogens is 1. The summed E-state index contributed by atoms with van der Waals surface area (Å²) in [6.07, 6.45) is 2.08. The Labute approximate surface area is 160 Å². The Kier molecular flexibility index (Phi) is 6.14. The van der Waals surface area contributed by atoms with Crippen molar-refractivity contribution in [3.8, 4) is 0 Å². The molecule has 1 aromatic carbocycles. The first-order valence-corrected chi connectivity index (χ1v) is 9.63. The normalized spacial score (nSPS) is 18.3. The van der Waals surface area contributed by atoms with Crippen molar-refractivity contribution in [3.05, 3.63) is 46.5 Å². The molecule has 6 nitrogen and oxygen atoms in total. The molecular weight excluding hydrogens is 348 g/mol. The number of guanidine groups is 1. The zero-order valence-corrected chi connectivity index (χ0v) is 16.4. The number of nitrogens with one attached hydrogen (secondary N) is 2. The third-order valence-corrected chi connectivity index (χ3v) is 5.02. The SMILES string of the molecule is CCNC(=NCC1CCc2nnc(C)n2C1)NC(C)c1cccc(Cl)c1. The number of hydrogen-bond donors (Lipinski definition) is 2. The maximum Gasteiger partial charge on any atom is 0.191 e. The topological polar surface area (TPSA) is 67.1 Å². The van der Waals surface area contributed by atoms with Crippen LogP contribution in [0.25, 0.3) is 0 Å². The first kappa shape index (κ1) is 18.7. The van der Waals surface area contributed by atoms with Gasteiger partial charge < -0.3 is 15.2 Å². The van der Waals surface area contributed by atoms with E-state index in [4.69, 9.17) is 16.6 Å². The molecule has 7 heteroatoms. The van der Waals surface area contributed by atoms with E-state index in [0.717, 1.165) is 60.7 Å². The van der Waals surface area contributed by atoms with Gasteiger partial charge in [-0.1, -0.05) is 23.7 Å². The fourth-order valence-electron chi connectivity index (χ4n) is 3.28. The third kappa shape index (κ3) is 4.55. The molecule has 0 saturated carbocycles. The lowest BCUT2D eigenvalue weighted by Crippen LogP contribution is -2.39. The first-order chi connectivity index (χ1) is 12.6. The molecule has 0 saturated heterocycles. The predicted octanol–water partition coefficient (Wildman–Crippen LogP) is 3.12. The smallest absolute Gasteiger partial charge is 0.191 e. The number of rotatable bonds is 5. The lowest BCUT2D eigenvalue weighted by Gasteiger charge is -2.23. The lowest BCUT2D eigenvalue weighted by molar-refractivity contribution is 0.369. The van der Waals surface area contributed by atoms with Crippen molar-refractivity contribution in [1.29, 1.82) is 0 Å². The van der Waals surface area contributed by atoms with E-state index in [1.54, 1.807) is 0 Å². The van der Waals surface area contributed by atoms with Gasteiger partial charge in [0.05, 0.1) is 6.04 Å². The summed E-state index contributed by atoms with van der Waals surface area (Å²) in [4.78, 5) is 4.82. The molecule has 1 aromatic heterocycles. The molecule has 140 valence electrons. The highest BCUT2D eigenvalue weighted by Gasteiger charge is 2.21. The van der Waals surface area contributed by atoms with Crippen LogP contribution in [-0.2, 0) is 13.0 Å². The third-order valence-electron chi connectivity index (χ3n) is 4.78. The minimum Gasteiger partial charge on any atom is -0.357 e. The van der Waals surface area contributed by atoms with E-state index in [1.165, 1.54) is 0 Å². The number of aliphatic imine (C=N–C) groups is 1. The highest BCUT2D eigenvalue weighted by Crippen LogP contribution is 2.20. The van der Waals surface area contributed by atoms with Crippen molar-refractivity contribution in [2.24, 2.45) is 10.9 Å². The van der Waals surface area contributed by atoms with Crippen LogP contribution in [0.2, 0.25) is 5.02 Å². The van der Waals surface area contributed by atoms with E-state index in [9.17, 15) is 0 Å². The minimum absolute atomic E-state index is 0.129. The van der Waals surface area contributed by atoms with Crippen molar-refractivity contribution in [3.63, 3.8) is 0 Å². The van der Waals surface area contributed by atoms with Gasteiger partial charge in [0.25, 0.3) is 0 Å². The standard InChI is InChI=1S/C19H27ClN6/c1-4-21-19(23-13(2)16-6-5-7-17(20)10-16)22-11-15-8-9-18-25-24-14(3)26(18)12-15/h5-7,10,13,15H,4,8-9,11-12H2,1-3H3,(H2,21,22,23). The number of aryl methyl sites for hydroxylation is 2. The van der Waals surface area contributed by atoms with Crippen molar-refractivity contribution in [2.45, 2.75) is 46.2 Å². The van der Waals surface area contributed by atoms with Crippen LogP contribution in [0.15, 0.2) is 29.3 Å². The average molecular weight is 375 g/mol. The molecule has 0 bridgehead atoms. The van der Waals surface area contributed by atoms with Crippen molar-refractivity contribution in [1.82, 2.24) is 25.4 Å². The van der Waals surface area contributed by atoms with Crippen molar-refractivity contribution in [2.75, 3.05) is 13.1 Å². The van der Waals surface area contributed by atoms with Gasteiger partial charge in [-0.25, -0.2) is 0 Å². The van der Waals surface area contributed by atoms with Crippen LogP contribution >= 0.6 is 11.6 Å². The molecule has 0 amide bonds. The van der Waals surface area contributed by atoms with Gasteiger partial charge in [-0.2, -0.15) is 0 Å². The van der Waals surface area contributed by atoms with Gasteiger partial charge in [0, 0.05) is 31.1 Å². The lowest BCUT2D eigenvalue weighted by atomic mass is 9.99. The predicted molar refractivity (Wildman–Crippen MR) is 106 cm³/mol. The Morgan fingerprint density at radius 1 is 1.42 bits per heavy atom. The van der Waals surface area contributed by atoms with Crippen molar-refractivity contribution >= 4 is 17.6 Å². The van der Waals surface area contributed by atoms with E-state index in [0.29, 0.717) is 5.92 Å². The van der Waals surface area contributed by atoms with Gasteiger partial charge in [0.2, 0.25) is 0 Å². The monoisotopic (exact) mass is 374 g/mol. The zero-order chi connectivity index (χ0) is 18.5. The maximum atomic E-state index is 6.11. The number of nitrogens with zero attached hydrogens (tertiary/aromatic N) is 4. The van der Waals surface area contributed by atoms with Gasteiger partial charge >= 0.3 is 0 Å². The quantitative estimate of drug-likeness (QED) is 0.623. The van der Waals surface area contributed by atoms with E-state index in [-0.39, 0.29) is 6.04 Å². The molecule has 1 aliphatic heterocycles. The Hall–Kier alpha value is -2.08. The molecule has 0 radical (unpaired) electrons. The summed E-state index contributed by atoms with van der Waals surface area (Å²) in [5, 5.41) is 16.0. The Balaban J connectivity index is 1.63. The molecule has 0 fully saturated rings. The molecule has 1 aliphatic rings. The van der Waals surface area contributed by atoms with Crippen LogP contribution in [-0.4, -0.2) is 33.8 Å². The summed E-state index contributed by atoms with van der Waals surface area (Å²) < 4.78 is 2.22. The van der Waals surface area contributed by atoms with Crippen molar-refractivity contribution < 1.29 is 0 Å². The van der Waals surface area contributed by atoms with Gasteiger partial charge in [-0.15, -0.1) is 10.2 Å². The van der Waals surface area contributed by atoms with Gasteiger partial charge in [0.1, 0.15) is 11.6 Å². The summed E-state index contributed by atoms with van der Waals surface area (Å²) in [5.74, 6) is 3.44. The van der Waals surface area contributed by atoms with Gasteiger partial charge in [-0.3, -0.25) is 4.99 Å². The molecule has 3 rings (SSSR count). The first-order valence-electron chi connectivity index (χ1n) is 9.25. The summed E-state index contributed by atoms with van der Waals surface area (Å²) in [7, 11) is 0.